The van der Waals surface area contributed by atoms with E-state index in [9.17, 15) is 0 Å². The third-order valence-corrected chi connectivity index (χ3v) is 7.73. The Hall–Kier alpha value is -2.32. The molecule has 2 aromatic heterocycles. The van der Waals surface area contributed by atoms with Crippen molar-refractivity contribution in [3.05, 3.63) is 60.2 Å². The van der Waals surface area contributed by atoms with Gasteiger partial charge >= 0.3 is 0 Å². The molecule has 5 aromatic rings. The number of thiophene rings is 1. The Labute approximate surface area is 163 Å². The lowest BCUT2D eigenvalue weighted by molar-refractivity contribution is 0.444. The molecule has 0 bridgehead atoms. The maximum atomic E-state index is 2.49. The maximum absolute atomic E-state index is 2.49. The minimum atomic E-state index is 0.769. The van der Waals surface area contributed by atoms with E-state index in [0.29, 0.717) is 0 Å². The van der Waals surface area contributed by atoms with Crippen LogP contribution in [-0.2, 0) is 7.05 Å². The predicted molar refractivity (Wildman–Crippen MR) is 119 cm³/mol. The molecule has 27 heavy (non-hydrogen) atoms. The first-order valence-electron chi connectivity index (χ1n) is 10.1. The molecule has 2 heteroatoms. The molecule has 1 saturated carbocycles. The average Bonchev–Trinajstić information content (AvgIpc) is 3.24. The molecule has 0 radical (unpaired) electrons. The SMILES string of the molecule is Cn1c2ccccc2c2c3c(ccc21)sc1cc(C2CCCCC2)ccc13. The molecule has 0 N–H and O–H groups in total. The number of rotatable bonds is 1. The molecule has 0 amide bonds. The quantitative estimate of drug-likeness (QED) is 0.285. The Balaban J connectivity index is 1.67. The first-order chi connectivity index (χ1) is 13.3. The van der Waals surface area contributed by atoms with E-state index in [2.05, 4.69) is 66.2 Å². The van der Waals surface area contributed by atoms with Gasteiger partial charge in [0.05, 0.1) is 0 Å². The van der Waals surface area contributed by atoms with Crippen molar-refractivity contribution in [3.8, 4) is 0 Å². The number of fused-ring (bicyclic) bond motifs is 7. The fourth-order valence-electron chi connectivity index (χ4n) is 5.22. The van der Waals surface area contributed by atoms with Gasteiger partial charge in [0, 0.05) is 49.0 Å². The van der Waals surface area contributed by atoms with E-state index in [1.54, 1.807) is 5.56 Å². The van der Waals surface area contributed by atoms with Gasteiger partial charge in [-0.3, -0.25) is 0 Å². The third-order valence-electron chi connectivity index (χ3n) is 6.61. The van der Waals surface area contributed by atoms with Crippen LogP contribution in [0.4, 0.5) is 0 Å². The lowest BCUT2D eigenvalue weighted by atomic mass is 9.84. The molecule has 0 unspecified atom stereocenters. The van der Waals surface area contributed by atoms with Crippen molar-refractivity contribution in [2.75, 3.05) is 0 Å². The number of para-hydroxylation sites is 1. The van der Waals surface area contributed by atoms with Crippen LogP contribution < -0.4 is 0 Å². The Morgan fingerprint density at radius 1 is 0.778 bits per heavy atom. The van der Waals surface area contributed by atoms with Crippen LogP contribution in [0.15, 0.2) is 54.6 Å². The van der Waals surface area contributed by atoms with Gasteiger partial charge in [-0.25, -0.2) is 0 Å². The molecule has 0 aliphatic heterocycles. The monoisotopic (exact) mass is 369 g/mol. The van der Waals surface area contributed by atoms with Crippen molar-refractivity contribution >= 4 is 53.3 Å². The zero-order chi connectivity index (χ0) is 18.0. The summed E-state index contributed by atoms with van der Waals surface area (Å²) in [5.41, 5.74) is 4.21. The summed E-state index contributed by atoms with van der Waals surface area (Å²) in [4.78, 5) is 0. The molecular formula is C25H23NS. The van der Waals surface area contributed by atoms with Crippen LogP contribution in [0.1, 0.15) is 43.6 Å². The molecule has 0 atom stereocenters. The molecular weight excluding hydrogens is 346 g/mol. The molecule has 0 saturated heterocycles. The van der Waals surface area contributed by atoms with Crippen molar-refractivity contribution in [2.45, 2.75) is 38.0 Å². The van der Waals surface area contributed by atoms with Crippen LogP contribution in [0, 0.1) is 0 Å². The highest BCUT2D eigenvalue weighted by molar-refractivity contribution is 7.26. The van der Waals surface area contributed by atoms with E-state index < -0.39 is 0 Å². The lowest BCUT2D eigenvalue weighted by Crippen LogP contribution is -2.03. The molecule has 3 aromatic carbocycles. The van der Waals surface area contributed by atoms with Crippen molar-refractivity contribution in [1.82, 2.24) is 4.57 Å². The summed E-state index contributed by atoms with van der Waals surface area (Å²) in [6, 6.07) is 20.7. The van der Waals surface area contributed by atoms with E-state index >= 15 is 0 Å². The maximum Gasteiger partial charge on any atom is 0.0496 e. The Morgan fingerprint density at radius 3 is 2.52 bits per heavy atom. The van der Waals surface area contributed by atoms with Crippen LogP contribution in [0.5, 0.6) is 0 Å². The molecule has 1 aliphatic carbocycles. The van der Waals surface area contributed by atoms with Crippen molar-refractivity contribution < 1.29 is 0 Å². The second-order valence-corrected chi connectivity index (χ2v) is 9.19. The van der Waals surface area contributed by atoms with E-state index in [0.717, 1.165) is 5.92 Å². The fraction of sp³-hybridized carbons (Fsp3) is 0.280. The number of hydrogen-bond acceptors (Lipinski definition) is 1. The summed E-state index contributed by atoms with van der Waals surface area (Å²) in [6.45, 7) is 0. The topological polar surface area (TPSA) is 4.93 Å². The number of aromatic nitrogens is 1. The van der Waals surface area contributed by atoms with Crippen LogP contribution in [-0.4, -0.2) is 4.57 Å². The number of nitrogens with zero attached hydrogens (tertiary/aromatic N) is 1. The molecule has 1 fully saturated rings. The van der Waals surface area contributed by atoms with E-state index in [-0.39, 0.29) is 0 Å². The summed E-state index contributed by atoms with van der Waals surface area (Å²) < 4.78 is 5.20. The van der Waals surface area contributed by atoms with Crippen molar-refractivity contribution in [3.63, 3.8) is 0 Å². The zero-order valence-electron chi connectivity index (χ0n) is 15.7. The van der Waals surface area contributed by atoms with Gasteiger partial charge in [-0.15, -0.1) is 11.3 Å². The van der Waals surface area contributed by atoms with Gasteiger partial charge in [0.1, 0.15) is 0 Å². The van der Waals surface area contributed by atoms with Gasteiger partial charge in [0.25, 0.3) is 0 Å². The highest BCUT2D eigenvalue weighted by atomic mass is 32.1. The van der Waals surface area contributed by atoms with Gasteiger partial charge in [-0.05, 0) is 48.6 Å². The molecule has 2 heterocycles. The third kappa shape index (κ3) is 2.23. The largest absolute Gasteiger partial charge is 0.344 e. The Kier molecular flexibility index (Phi) is 3.40. The second kappa shape index (κ2) is 5.84. The van der Waals surface area contributed by atoms with Crippen molar-refractivity contribution in [1.29, 1.82) is 0 Å². The Morgan fingerprint density at radius 2 is 1.63 bits per heavy atom. The van der Waals surface area contributed by atoms with Crippen molar-refractivity contribution in [2.24, 2.45) is 7.05 Å². The van der Waals surface area contributed by atoms with E-state index in [1.807, 2.05) is 11.3 Å². The van der Waals surface area contributed by atoms with E-state index in [1.165, 1.54) is 74.1 Å². The standard InChI is InChI=1S/C25H23NS/c1-26-20-10-6-5-9-18(20)24-21(26)13-14-22-25(24)19-12-11-17(15-23(19)27-22)16-7-3-2-4-8-16/h5-6,9-16H,2-4,7-8H2,1H3. The number of aryl methyl sites for hydroxylation is 1. The summed E-state index contributed by atoms with van der Waals surface area (Å²) in [6.07, 6.45) is 6.94. The minimum absolute atomic E-state index is 0.769. The van der Waals surface area contributed by atoms with Gasteiger partial charge in [0.15, 0.2) is 0 Å². The molecule has 1 aliphatic rings. The summed E-state index contributed by atoms with van der Waals surface area (Å²) in [7, 11) is 2.19. The average molecular weight is 370 g/mol. The summed E-state index contributed by atoms with van der Waals surface area (Å²) >= 11 is 1.96. The highest BCUT2D eigenvalue weighted by Gasteiger charge is 2.18. The molecule has 0 spiro atoms. The Bertz CT molecular complexity index is 1310. The van der Waals surface area contributed by atoms with Crippen LogP contribution in [0.2, 0.25) is 0 Å². The normalized spacial score (nSPS) is 16.2. The smallest absolute Gasteiger partial charge is 0.0496 e. The van der Waals surface area contributed by atoms with Crippen LogP contribution in [0.25, 0.3) is 42.0 Å². The summed E-state index contributed by atoms with van der Waals surface area (Å²) in [5, 5.41) is 5.66. The predicted octanol–water partition coefficient (Wildman–Crippen LogP) is 7.75. The van der Waals surface area contributed by atoms with Gasteiger partial charge < -0.3 is 4.57 Å². The first-order valence-corrected chi connectivity index (χ1v) is 11.0. The van der Waals surface area contributed by atoms with Gasteiger partial charge in [-0.2, -0.15) is 0 Å². The van der Waals surface area contributed by atoms with Gasteiger partial charge in [-0.1, -0.05) is 49.6 Å². The van der Waals surface area contributed by atoms with Crippen LogP contribution >= 0.6 is 11.3 Å². The van der Waals surface area contributed by atoms with Gasteiger partial charge in [0.2, 0.25) is 0 Å². The summed E-state index contributed by atoms with van der Waals surface area (Å²) in [5.74, 6) is 0.769. The minimum Gasteiger partial charge on any atom is -0.344 e. The molecule has 134 valence electrons. The zero-order valence-corrected chi connectivity index (χ0v) is 16.5. The number of hydrogen-bond donors (Lipinski definition) is 0. The first kappa shape index (κ1) is 15.7. The lowest BCUT2D eigenvalue weighted by Gasteiger charge is -2.21. The second-order valence-electron chi connectivity index (χ2n) is 8.10. The molecule has 6 rings (SSSR count). The fourth-order valence-corrected chi connectivity index (χ4v) is 6.38. The number of benzene rings is 3. The van der Waals surface area contributed by atoms with Crippen LogP contribution in [0.3, 0.4) is 0 Å². The highest BCUT2D eigenvalue weighted by Crippen LogP contribution is 2.43. The van der Waals surface area contributed by atoms with E-state index in [4.69, 9.17) is 0 Å². The molecule has 1 nitrogen and oxygen atoms in total.